The zero-order chi connectivity index (χ0) is 29.0. The molecule has 3 heterocycles. The quantitative estimate of drug-likeness (QED) is 0.315. The van der Waals surface area contributed by atoms with E-state index < -0.39 is 36.4 Å². The highest BCUT2D eigenvalue weighted by Crippen LogP contribution is 2.44. The Morgan fingerprint density at radius 2 is 1.80 bits per heavy atom. The molecule has 0 amide bonds. The van der Waals surface area contributed by atoms with E-state index >= 15 is 4.39 Å². The first-order valence-corrected chi connectivity index (χ1v) is 12.4. The van der Waals surface area contributed by atoms with Crippen molar-refractivity contribution in [1.29, 1.82) is 0 Å². The lowest BCUT2D eigenvalue weighted by molar-refractivity contribution is -0.261. The van der Waals surface area contributed by atoms with Gasteiger partial charge in [-0.2, -0.15) is 23.1 Å². The van der Waals surface area contributed by atoms with Gasteiger partial charge in [-0.15, -0.1) is 0 Å². The standard InChI is InChI=1S/C27H25F5N4O4/c1-4-15-17(28)7-6-13-10-14(37)11-16(18(13)15)21-20(29)22-19(24(33-21)39-2)23(35-25(34-22)40-3)36-9-5-8-26(38,12-36)27(30,31)32/h6-7,10-11,37-38H,4-5,8-9,12H2,1-3H3. The van der Waals surface area contributed by atoms with Gasteiger partial charge in [-0.3, -0.25) is 0 Å². The molecule has 0 bridgehead atoms. The molecule has 0 aliphatic carbocycles. The van der Waals surface area contributed by atoms with Crippen molar-refractivity contribution in [2.24, 2.45) is 0 Å². The lowest BCUT2D eigenvalue weighted by atomic mass is 9.92. The highest BCUT2D eigenvalue weighted by atomic mass is 19.4. The number of rotatable bonds is 5. The number of hydrogen-bond acceptors (Lipinski definition) is 8. The van der Waals surface area contributed by atoms with Crippen LogP contribution in [0, 0.1) is 11.6 Å². The van der Waals surface area contributed by atoms with Crippen LogP contribution in [-0.4, -0.2) is 64.3 Å². The third kappa shape index (κ3) is 4.37. The SMILES string of the molecule is CCc1c(F)ccc2cc(O)cc(-c3nc(OC)c4c(N5CCCC(O)(C(F)(F)F)C5)nc(OC)nc4c3F)c12. The fraction of sp³-hybridized carbons (Fsp3) is 0.370. The third-order valence-electron chi connectivity index (χ3n) is 7.15. The largest absolute Gasteiger partial charge is 0.508 e. The zero-order valence-electron chi connectivity index (χ0n) is 21.7. The fourth-order valence-corrected chi connectivity index (χ4v) is 5.23. The Bertz CT molecular complexity index is 1630. The van der Waals surface area contributed by atoms with E-state index in [2.05, 4.69) is 15.0 Å². The number of aliphatic hydroxyl groups is 1. The van der Waals surface area contributed by atoms with Crippen molar-refractivity contribution in [3.63, 3.8) is 0 Å². The number of aryl methyl sites for hydroxylation is 1. The topological polar surface area (TPSA) is 101 Å². The lowest BCUT2D eigenvalue weighted by Crippen LogP contribution is -2.57. The predicted octanol–water partition coefficient (Wildman–Crippen LogP) is 5.30. The molecule has 1 atom stereocenters. The minimum atomic E-state index is -4.91. The number of nitrogens with zero attached hydrogens (tertiary/aromatic N) is 4. The maximum Gasteiger partial charge on any atom is 0.418 e. The lowest BCUT2D eigenvalue weighted by Gasteiger charge is -2.40. The minimum absolute atomic E-state index is 0.0270. The average Bonchev–Trinajstić information content (AvgIpc) is 2.92. The first kappa shape index (κ1) is 27.6. The van der Waals surface area contributed by atoms with Gasteiger partial charge >= 0.3 is 12.2 Å². The number of piperidine rings is 1. The summed E-state index contributed by atoms with van der Waals surface area (Å²) < 4.78 is 82.8. The van der Waals surface area contributed by atoms with E-state index in [9.17, 15) is 27.8 Å². The molecular weight excluding hydrogens is 539 g/mol. The number of aromatic nitrogens is 3. The molecule has 0 saturated carbocycles. The van der Waals surface area contributed by atoms with E-state index in [1.807, 2.05) is 0 Å². The van der Waals surface area contributed by atoms with E-state index in [-0.39, 0.29) is 70.6 Å². The summed E-state index contributed by atoms with van der Waals surface area (Å²) in [5.41, 5.74) is -3.39. The number of anilines is 1. The molecular formula is C27H25F5N4O4. The molecule has 5 rings (SSSR count). The number of benzene rings is 2. The number of phenols is 1. The van der Waals surface area contributed by atoms with Gasteiger partial charge in [-0.1, -0.05) is 13.0 Å². The first-order chi connectivity index (χ1) is 18.9. The molecule has 1 saturated heterocycles. The normalized spacial score (nSPS) is 18.0. The zero-order valence-corrected chi connectivity index (χ0v) is 21.7. The van der Waals surface area contributed by atoms with Gasteiger partial charge in [0.2, 0.25) is 5.88 Å². The first-order valence-electron chi connectivity index (χ1n) is 12.4. The summed E-state index contributed by atoms with van der Waals surface area (Å²) in [5.74, 6) is -2.16. The summed E-state index contributed by atoms with van der Waals surface area (Å²) in [6, 6.07) is 5.01. The van der Waals surface area contributed by atoms with Crippen molar-refractivity contribution >= 4 is 27.5 Å². The molecule has 40 heavy (non-hydrogen) atoms. The van der Waals surface area contributed by atoms with Gasteiger partial charge in [-0.05, 0) is 53.8 Å². The summed E-state index contributed by atoms with van der Waals surface area (Å²) in [7, 11) is 2.45. The van der Waals surface area contributed by atoms with Crippen LogP contribution in [-0.2, 0) is 6.42 Å². The van der Waals surface area contributed by atoms with Crippen molar-refractivity contribution in [2.45, 2.75) is 38.0 Å². The van der Waals surface area contributed by atoms with Crippen LogP contribution in [0.2, 0.25) is 0 Å². The number of pyridine rings is 1. The molecule has 1 unspecified atom stereocenters. The molecule has 13 heteroatoms. The molecule has 0 spiro atoms. The molecule has 1 fully saturated rings. The number of hydrogen-bond donors (Lipinski definition) is 2. The Morgan fingerprint density at radius 1 is 1.05 bits per heavy atom. The van der Waals surface area contributed by atoms with Crippen molar-refractivity contribution in [2.75, 3.05) is 32.2 Å². The van der Waals surface area contributed by atoms with Gasteiger partial charge in [0.1, 0.15) is 34.0 Å². The Kier molecular flexibility index (Phi) is 6.81. The van der Waals surface area contributed by atoms with Crippen LogP contribution in [0.15, 0.2) is 24.3 Å². The van der Waals surface area contributed by atoms with Crippen molar-refractivity contribution in [3.05, 3.63) is 41.5 Å². The summed E-state index contributed by atoms with van der Waals surface area (Å²) in [4.78, 5) is 13.8. The number of fused-ring (bicyclic) bond motifs is 2. The van der Waals surface area contributed by atoms with Gasteiger partial charge < -0.3 is 24.6 Å². The number of ether oxygens (including phenoxy) is 2. The number of aromatic hydroxyl groups is 1. The maximum absolute atomic E-state index is 16.4. The Hall–Kier alpha value is -4.00. The predicted molar refractivity (Wildman–Crippen MR) is 137 cm³/mol. The molecule has 0 radical (unpaired) electrons. The second kappa shape index (κ2) is 9.88. The van der Waals surface area contributed by atoms with E-state index in [1.54, 1.807) is 6.92 Å². The molecule has 8 nitrogen and oxygen atoms in total. The van der Waals surface area contributed by atoms with Crippen molar-refractivity contribution in [3.8, 4) is 28.9 Å². The van der Waals surface area contributed by atoms with Crippen LogP contribution in [0.1, 0.15) is 25.3 Å². The number of halogens is 5. The third-order valence-corrected chi connectivity index (χ3v) is 7.15. The number of methoxy groups -OCH3 is 2. The number of alkyl halides is 3. The van der Waals surface area contributed by atoms with E-state index in [4.69, 9.17) is 9.47 Å². The maximum atomic E-state index is 16.4. The molecule has 4 aromatic rings. The van der Waals surface area contributed by atoms with Crippen LogP contribution in [0.4, 0.5) is 27.8 Å². The van der Waals surface area contributed by atoms with E-state index in [1.165, 1.54) is 43.4 Å². The highest BCUT2D eigenvalue weighted by molar-refractivity contribution is 6.03. The monoisotopic (exact) mass is 564 g/mol. The van der Waals surface area contributed by atoms with Crippen LogP contribution in [0.25, 0.3) is 32.9 Å². The van der Waals surface area contributed by atoms with Crippen molar-refractivity contribution in [1.82, 2.24) is 15.0 Å². The summed E-state index contributed by atoms with van der Waals surface area (Å²) in [6.45, 7) is 0.926. The molecule has 2 N–H and O–H groups in total. The summed E-state index contributed by atoms with van der Waals surface area (Å²) in [5, 5.41) is 21.4. The van der Waals surface area contributed by atoms with Crippen LogP contribution in [0.5, 0.6) is 17.6 Å². The average molecular weight is 565 g/mol. The van der Waals surface area contributed by atoms with Crippen LogP contribution in [0.3, 0.4) is 0 Å². The smallest absolute Gasteiger partial charge is 0.418 e. The molecule has 2 aromatic heterocycles. The minimum Gasteiger partial charge on any atom is -0.508 e. The van der Waals surface area contributed by atoms with Gasteiger partial charge in [-0.25, -0.2) is 13.8 Å². The highest BCUT2D eigenvalue weighted by Gasteiger charge is 2.55. The second-order valence-corrected chi connectivity index (χ2v) is 9.57. The van der Waals surface area contributed by atoms with Gasteiger partial charge in [0, 0.05) is 12.1 Å². The van der Waals surface area contributed by atoms with Gasteiger partial charge in [0.05, 0.1) is 20.8 Å². The molecule has 1 aliphatic rings. The van der Waals surface area contributed by atoms with Gasteiger partial charge in [0.15, 0.2) is 11.4 Å². The molecule has 212 valence electrons. The van der Waals surface area contributed by atoms with Gasteiger partial charge in [0.25, 0.3) is 0 Å². The van der Waals surface area contributed by atoms with E-state index in [0.29, 0.717) is 10.8 Å². The summed E-state index contributed by atoms with van der Waals surface area (Å²) >= 11 is 0. The summed E-state index contributed by atoms with van der Waals surface area (Å²) in [6.07, 6.45) is -5.20. The Labute approximate surface area is 225 Å². The Balaban J connectivity index is 1.81. The van der Waals surface area contributed by atoms with Crippen molar-refractivity contribution < 1.29 is 41.6 Å². The van der Waals surface area contributed by atoms with Crippen LogP contribution < -0.4 is 14.4 Å². The Morgan fingerprint density at radius 3 is 2.45 bits per heavy atom. The van der Waals surface area contributed by atoms with Crippen LogP contribution >= 0.6 is 0 Å². The number of β-amino-alcohol motifs (C(OH)–C–C–N with tert-alkyl or cyclic N) is 1. The van der Waals surface area contributed by atoms with E-state index in [0.717, 1.165) is 0 Å². The number of phenolic OH excluding ortho intramolecular Hbond substituents is 1. The fourth-order valence-electron chi connectivity index (χ4n) is 5.23. The second-order valence-electron chi connectivity index (χ2n) is 9.57. The molecule has 2 aromatic carbocycles. The molecule has 1 aliphatic heterocycles.